The molecule has 0 bridgehead atoms. The van der Waals surface area contributed by atoms with Gasteiger partial charge in [0.15, 0.2) is 0 Å². The molecule has 0 saturated carbocycles. The SMILES string of the molecule is COc1ccccc1C1CNCCN1C(=O)C(C)NC(C)=O. The second-order valence-electron chi connectivity index (χ2n) is 5.42. The van der Waals surface area contributed by atoms with Gasteiger partial charge in [-0.15, -0.1) is 0 Å². The molecule has 6 nitrogen and oxygen atoms in total. The normalized spacial score (nSPS) is 19.4. The molecular weight excluding hydrogens is 282 g/mol. The maximum absolute atomic E-state index is 12.7. The Morgan fingerprint density at radius 3 is 2.82 bits per heavy atom. The van der Waals surface area contributed by atoms with Crippen LogP contribution < -0.4 is 15.4 Å². The van der Waals surface area contributed by atoms with E-state index in [1.807, 2.05) is 29.2 Å². The highest BCUT2D eigenvalue weighted by molar-refractivity contribution is 5.87. The molecule has 2 N–H and O–H groups in total. The lowest BCUT2D eigenvalue weighted by Gasteiger charge is -2.38. The minimum Gasteiger partial charge on any atom is -0.496 e. The first kappa shape index (κ1) is 16.3. The smallest absolute Gasteiger partial charge is 0.245 e. The van der Waals surface area contributed by atoms with Crippen molar-refractivity contribution in [3.05, 3.63) is 29.8 Å². The van der Waals surface area contributed by atoms with E-state index in [1.165, 1.54) is 6.92 Å². The molecule has 2 amide bonds. The number of carbonyl (C=O) groups excluding carboxylic acids is 2. The molecule has 1 saturated heterocycles. The average molecular weight is 305 g/mol. The molecule has 0 radical (unpaired) electrons. The Morgan fingerprint density at radius 1 is 1.41 bits per heavy atom. The minimum atomic E-state index is -0.534. The van der Waals surface area contributed by atoms with Gasteiger partial charge < -0.3 is 20.3 Å². The molecule has 0 spiro atoms. The lowest BCUT2D eigenvalue weighted by Crippen LogP contribution is -2.54. The van der Waals surface area contributed by atoms with Crippen molar-refractivity contribution in [2.24, 2.45) is 0 Å². The standard InChI is InChI=1S/C16H23N3O3/c1-11(18-12(2)20)16(21)19-9-8-17-10-14(19)13-6-4-5-7-15(13)22-3/h4-7,11,14,17H,8-10H2,1-3H3,(H,18,20). The molecule has 1 fully saturated rings. The Bertz CT molecular complexity index is 547. The van der Waals surface area contributed by atoms with Gasteiger partial charge in [-0.2, -0.15) is 0 Å². The molecule has 22 heavy (non-hydrogen) atoms. The lowest BCUT2D eigenvalue weighted by atomic mass is 10.0. The van der Waals surface area contributed by atoms with E-state index in [0.717, 1.165) is 17.9 Å². The molecule has 1 aromatic rings. The number of hydrogen-bond donors (Lipinski definition) is 2. The fourth-order valence-electron chi connectivity index (χ4n) is 2.80. The van der Waals surface area contributed by atoms with Gasteiger partial charge in [0.25, 0.3) is 0 Å². The summed E-state index contributed by atoms with van der Waals surface area (Å²) in [6.45, 7) is 5.14. The zero-order valence-corrected chi connectivity index (χ0v) is 13.3. The van der Waals surface area contributed by atoms with Crippen LogP contribution in [-0.2, 0) is 9.59 Å². The number of amides is 2. The Kier molecular flexibility index (Phi) is 5.38. The van der Waals surface area contributed by atoms with E-state index in [4.69, 9.17) is 4.74 Å². The molecule has 6 heteroatoms. The second kappa shape index (κ2) is 7.26. The number of piperazine rings is 1. The average Bonchev–Trinajstić information content (AvgIpc) is 2.53. The van der Waals surface area contributed by atoms with E-state index in [-0.39, 0.29) is 17.9 Å². The van der Waals surface area contributed by atoms with Crippen LogP contribution in [-0.4, -0.2) is 49.5 Å². The van der Waals surface area contributed by atoms with Gasteiger partial charge in [-0.05, 0) is 13.0 Å². The predicted molar refractivity (Wildman–Crippen MR) is 83.6 cm³/mol. The molecule has 2 unspecified atom stereocenters. The highest BCUT2D eigenvalue weighted by Crippen LogP contribution is 2.30. The molecule has 0 aliphatic carbocycles. The van der Waals surface area contributed by atoms with Crippen LogP contribution in [0.1, 0.15) is 25.5 Å². The van der Waals surface area contributed by atoms with Crippen LogP contribution in [0.3, 0.4) is 0 Å². The Labute approximate surface area is 130 Å². The summed E-state index contributed by atoms with van der Waals surface area (Å²) in [5.41, 5.74) is 0.973. The molecule has 1 heterocycles. The largest absolute Gasteiger partial charge is 0.496 e. The first-order chi connectivity index (χ1) is 10.5. The van der Waals surface area contributed by atoms with E-state index < -0.39 is 6.04 Å². The van der Waals surface area contributed by atoms with Crippen molar-refractivity contribution >= 4 is 11.8 Å². The number of ether oxygens (including phenoxy) is 1. The molecule has 0 aromatic heterocycles. The summed E-state index contributed by atoms with van der Waals surface area (Å²) in [4.78, 5) is 25.7. The number of benzene rings is 1. The van der Waals surface area contributed by atoms with E-state index in [0.29, 0.717) is 13.1 Å². The summed E-state index contributed by atoms with van der Waals surface area (Å²) in [6, 6.07) is 7.07. The van der Waals surface area contributed by atoms with E-state index in [1.54, 1.807) is 14.0 Å². The molecule has 1 aliphatic heterocycles. The van der Waals surface area contributed by atoms with Crippen LogP contribution in [0.4, 0.5) is 0 Å². The topological polar surface area (TPSA) is 70.7 Å². The molecule has 1 aromatic carbocycles. The highest BCUT2D eigenvalue weighted by atomic mass is 16.5. The van der Waals surface area contributed by atoms with Crippen LogP contribution in [0.15, 0.2) is 24.3 Å². The summed E-state index contributed by atoms with van der Waals surface area (Å²) in [7, 11) is 1.63. The molecule has 2 atom stereocenters. The number of carbonyl (C=O) groups is 2. The van der Waals surface area contributed by atoms with Gasteiger partial charge in [0.1, 0.15) is 11.8 Å². The fourth-order valence-corrected chi connectivity index (χ4v) is 2.80. The van der Waals surface area contributed by atoms with Crippen molar-refractivity contribution in [3.8, 4) is 5.75 Å². The van der Waals surface area contributed by atoms with Crippen molar-refractivity contribution in [2.75, 3.05) is 26.7 Å². The van der Waals surface area contributed by atoms with Crippen LogP contribution in [0, 0.1) is 0 Å². The maximum atomic E-state index is 12.7. The zero-order valence-electron chi connectivity index (χ0n) is 13.3. The molecule has 2 rings (SSSR count). The minimum absolute atomic E-state index is 0.0763. The summed E-state index contributed by atoms with van der Waals surface area (Å²) >= 11 is 0. The van der Waals surface area contributed by atoms with Crippen molar-refractivity contribution in [1.29, 1.82) is 0 Å². The van der Waals surface area contributed by atoms with Gasteiger partial charge in [-0.1, -0.05) is 18.2 Å². The summed E-state index contributed by atoms with van der Waals surface area (Å²) in [5, 5.41) is 5.97. The number of nitrogens with one attached hydrogen (secondary N) is 2. The molecular formula is C16H23N3O3. The van der Waals surface area contributed by atoms with E-state index >= 15 is 0 Å². The lowest BCUT2D eigenvalue weighted by molar-refractivity contribution is -0.138. The van der Waals surface area contributed by atoms with Crippen LogP contribution in [0.2, 0.25) is 0 Å². The van der Waals surface area contributed by atoms with Crippen LogP contribution in [0.25, 0.3) is 0 Å². The number of methoxy groups -OCH3 is 1. The van der Waals surface area contributed by atoms with Crippen LogP contribution >= 0.6 is 0 Å². The predicted octanol–water partition coefficient (Wildman–Crippen LogP) is 0.693. The molecule has 120 valence electrons. The van der Waals surface area contributed by atoms with Gasteiger partial charge in [0.2, 0.25) is 11.8 Å². The van der Waals surface area contributed by atoms with Crippen molar-refractivity contribution in [3.63, 3.8) is 0 Å². The van der Waals surface area contributed by atoms with Crippen molar-refractivity contribution in [2.45, 2.75) is 25.9 Å². The van der Waals surface area contributed by atoms with Crippen molar-refractivity contribution < 1.29 is 14.3 Å². The number of rotatable bonds is 4. The summed E-state index contributed by atoms with van der Waals surface area (Å²) in [6.07, 6.45) is 0. The van der Waals surface area contributed by atoms with E-state index in [9.17, 15) is 9.59 Å². The number of hydrogen-bond acceptors (Lipinski definition) is 4. The Morgan fingerprint density at radius 2 is 2.14 bits per heavy atom. The van der Waals surface area contributed by atoms with E-state index in [2.05, 4.69) is 10.6 Å². The third kappa shape index (κ3) is 3.57. The molecule has 1 aliphatic rings. The first-order valence-electron chi connectivity index (χ1n) is 7.45. The van der Waals surface area contributed by atoms with Crippen molar-refractivity contribution in [1.82, 2.24) is 15.5 Å². The fraction of sp³-hybridized carbons (Fsp3) is 0.500. The zero-order chi connectivity index (χ0) is 16.1. The van der Waals surface area contributed by atoms with Gasteiger partial charge >= 0.3 is 0 Å². The third-order valence-corrected chi connectivity index (χ3v) is 3.81. The summed E-state index contributed by atoms with van der Waals surface area (Å²) in [5.74, 6) is 0.485. The monoisotopic (exact) mass is 305 g/mol. The summed E-state index contributed by atoms with van der Waals surface area (Å²) < 4.78 is 5.42. The van der Waals surface area contributed by atoms with Gasteiger partial charge in [-0.3, -0.25) is 9.59 Å². The second-order valence-corrected chi connectivity index (χ2v) is 5.42. The Balaban J connectivity index is 2.24. The maximum Gasteiger partial charge on any atom is 0.245 e. The highest BCUT2D eigenvalue weighted by Gasteiger charge is 2.32. The number of nitrogens with zero attached hydrogens (tertiary/aromatic N) is 1. The van der Waals surface area contributed by atoms with Gasteiger partial charge in [0, 0.05) is 32.1 Å². The third-order valence-electron chi connectivity index (χ3n) is 3.81. The van der Waals surface area contributed by atoms with Crippen LogP contribution in [0.5, 0.6) is 5.75 Å². The quantitative estimate of drug-likeness (QED) is 0.859. The Hall–Kier alpha value is -2.08. The van der Waals surface area contributed by atoms with Gasteiger partial charge in [0.05, 0.1) is 13.2 Å². The number of para-hydroxylation sites is 1. The van der Waals surface area contributed by atoms with Gasteiger partial charge in [-0.25, -0.2) is 0 Å². The first-order valence-corrected chi connectivity index (χ1v) is 7.45.